The summed E-state index contributed by atoms with van der Waals surface area (Å²) in [5.41, 5.74) is 0.117. The summed E-state index contributed by atoms with van der Waals surface area (Å²) >= 11 is 10.3. The van der Waals surface area contributed by atoms with Gasteiger partial charge in [0.2, 0.25) is 5.13 Å². The van der Waals surface area contributed by atoms with E-state index in [2.05, 4.69) is 39.0 Å². The Hall–Kier alpha value is -1.16. The molecule has 0 bridgehead atoms. The molecule has 0 saturated heterocycles. The summed E-state index contributed by atoms with van der Waals surface area (Å²) in [6.07, 6.45) is 4.20. The van der Waals surface area contributed by atoms with Crippen LogP contribution >= 0.6 is 46.5 Å². The number of halogens is 1. The van der Waals surface area contributed by atoms with E-state index in [1.54, 1.807) is 17.8 Å². The molecule has 122 valence electrons. The lowest BCUT2D eigenvalue weighted by Gasteiger charge is -2.04. The topological polar surface area (TPSA) is 80.7 Å². The molecule has 0 aliphatic heterocycles. The molecule has 0 aliphatic carbocycles. The Morgan fingerprint density at radius 2 is 2.30 bits per heavy atom. The molecular weight excluding hydrogens is 374 g/mol. The number of hydrogen-bond acceptors (Lipinski definition) is 8. The lowest BCUT2D eigenvalue weighted by atomic mass is 10.4. The molecular formula is C13H14ClN5OS3. The Kier molecular flexibility index (Phi) is 7.28. The first-order valence-electron chi connectivity index (χ1n) is 6.68. The third kappa shape index (κ3) is 5.45. The van der Waals surface area contributed by atoms with Gasteiger partial charge in [-0.15, -0.1) is 16.8 Å². The van der Waals surface area contributed by atoms with Gasteiger partial charge < -0.3 is 0 Å². The van der Waals surface area contributed by atoms with Crippen molar-refractivity contribution in [3.63, 3.8) is 0 Å². The summed E-state index contributed by atoms with van der Waals surface area (Å²) in [6.45, 7) is 5.73. The molecule has 2 rings (SSSR count). The minimum Gasteiger partial charge on any atom is -0.295 e. The maximum Gasteiger partial charge on any atom is 0.277 e. The van der Waals surface area contributed by atoms with Gasteiger partial charge >= 0.3 is 0 Å². The highest BCUT2D eigenvalue weighted by Gasteiger charge is 2.16. The normalized spacial score (nSPS) is 10.5. The lowest BCUT2D eigenvalue weighted by Crippen LogP contribution is -2.15. The third-order valence-corrected chi connectivity index (χ3v) is 5.64. The Morgan fingerprint density at radius 1 is 1.48 bits per heavy atom. The molecule has 2 aromatic heterocycles. The molecule has 0 unspecified atom stereocenters. The highest BCUT2D eigenvalue weighted by atomic mass is 35.5. The molecule has 23 heavy (non-hydrogen) atoms. The molecule has 10 heteroatoms. The molecule has 0 aliphatic rings. The number of anilines is 1. The number of carbonyl (C=O) groups is 1. The van der Waals surface area contributed by atoms with Crippen LogP contribution in [0.2, 0.25) is 5.02 Å². The van der Waals surface area contributed by atoms with Gasteiger partial charge in [0.15, 0.2) is 15.2 Å². The van der Waals surface area contributed by atoms with Crippen LogP contribution in [0.25, 0.3) is 0 Å². The average Bonchev–Trinajstić information content (AvgIpc) is 2.99. The molecule has 0 fully saturated rings. The predicted molar refractivity (Wildman–Crippen MR) is 96.8 cm³/mol. The fourth-order valence-corrected chi connectivity index (χ4v) is 3.78. The summed E-state index contributed by atoms with van der Waals surface area (Å²) in [5.74, 6) is 1.18. The molecule has 2 aromatic rings. The fraction of sp³-hybridized carbons (Fsp3) is 0.308. The van der Waals surface area contributed by atoms with Crippen molar-refractivity contribution in [1.82, 2.24) is 20.2 Å². The van der Waals surface area contributed by atoms with Crippen LogP contribution in [0.5, 0.6) is 0 Å². The zero-order chi connectivity index (χ0) is 16.7. The van der Waals surface area contributed by atoms with E-state index in [0.717, 1.165) is 16.5 Å². The number of carbonyl (C=O) groups excluding carboxylic acids is 1. The van der Waals surface area contributed by atoms with Crippen molar-refractivity contribution >= 4 is 57.5 Å². The first-order chi connectivity index (χ1) is 11.1. The smallest absolute Gasteiger partial charge is 0.277 e. The highest BCUT2D eigenvalue weighted by molar-refractivity contribution is 8.01. The molecule has 1 N–H and O–H groups in total. The van der Waals surface area contributed by atoms with Gasteiger partial charge in [-0.05, 0) is 6.42 Å². The van der Waals surface area contributed by atoms with Crippen molar-refractivity contribution in [2.75, 3.05) is 16.8 Å². The van der Waals surface area contributed by atoms with Gasteiger partial charge in [0.1, 0.15) is 0 Å². The Bertz CT molecular complexity index is 694. The van der Waals surface area contributed by atoms with Crippen molar-refractivity contribution in [3.05, 3.63) is 29.6 Å². The maximum atomic E-state index is 12.3. The van der Waals surface area contributed by atoms with Crippen LogP contribution in [0.15, 0.2) is 28.3 Å². The maximum absolute atomic E-state index is 12.3. The predicted octanol–water partition coefficient (Wildman–Crippen LogP) is 4.01. The number of nitrogens with zero attached hydrogens (tertiary/aromatic N) is 4. The van der Waals surface area contributed by atoms with Gasteiger partial charge in [0.05, 0.1) is 11.2 Å². The molecule has 0 spiro atoms. The van der Waals surface area contributed by atoms with E-state index in [-0.39, 0.29) is 10.7 Å². The van der Waals surface area contributed by atoms with Gasteiger partial charge in [0.25, 0.3) is 5.91 Å². The highest BCUT2D eigenvalue weighted by Crippen LogP contribution is 2.26. The Labute approximate surface area is 151 Å². The number of nitrogens with one attached hydrogen (secondary N) is 1. The summed E-state index contributed by atoms with van der Waals surface area (Å²) < 4.78 is 0.818. The summed E-state index contributed by atoms with van der Waals surface area (Å²) in [7, 11) is 0. The summed E-state index contributed by atoms with van der Waals surface area (Å²) in [4.78, 5) is 20.5. The summed E-state index contributed by atoms with van der Waals surface area (Å²) in [6, 6.07) is 0. The molecule has 0 saturated carbocycles. The van der Waals surface area contributed by atoms with E-state index < -0.39 is 5.91 Å². The summed E-state index contributed by atoms with van der Waals surface area (Å²) in [5, 5.41) is 11.7. The van der Waals surface area contributed by atoms with Gasteiger partial charge in [-0.25, -0.2) is 9.97 Å². The number of hydrogen-bond donors (Lipinski definition) is 1. The fourth-order valence-electron chi connectivity index (χ4n) is 1.38. The van der Waals surface area contributed by atoms with Crippen LogP contribution in [0.4, 0.5) is 5.13 Å². The van der Waals surface area contributed by atoms with Crippen molar-refractivity contribution < 1.29 is 4.79 Å². The van der Waals surface area contributed by atoms with Crippen molar-refractivity contribution in [1.29, 1.82) is 0 Å². The first kappa shape index (κ1) is 18.2. The van der Waals surface area contributed by atoms with E-state index in [0.29, 0.717) is 16.0 Å². The number of aromatic nitrogens is 4. The van der Waals surface area contributed by atoms with Gasteiger partial charge in [-0.1, -0.05) is 59.5 Å². The van der Waals surface area contributed by atoms with E-state index in [1.165, 1.54) is 29.3 Å². The van der Waals surface area contributed by atoms with Crippen molar-refractivity contribution in [2.45, 2.75) is 22.8 Å². The first-order valence-corrected chi connectivity index (χ1v) is 9.84. The molecule has 1 amide bonds. The zero-order valence-corrected chi connectivity index (χ0v) is 15.5. The van der Waals surface area contributed by atoms with Crippen molar-refractivity contribution in [2.24, 2.45) is 0 Å². The second-order valence-corrected chi connectivity index (χ2v) is 7.84. The van der Waals surface area contributed by atoms with Gasteiger partial charge in [-0.3, -0.25) is 10.1 Å². The molecule has 2 heterocycles. The van der Waals surface area contributed by atoms with Gasteiger partial charge in [0, 0.05) is 11.5 Å². The molecule has 0 atom stereocenters. The van der Waals surface area contributed by atoms with E-state index >= 15 is 0 Å². The molecule has 0 radical (unpaired) electrons. The van der Waals surface area contributed by atoms with E-state index in [9.17, 15) is 4.79 Å². The van der Waals surface area contributed by atoms with Crippen LogP contribution in [-0.2, 0) is 0 Å². The van der Waals surface area contributed by atoms with Crippen LogP contribution < -0.4 is 5.32 Å². The Morgan fingerprint density at radius 3 is 3.04 bits per heavy atom. The molecule has 6 nitrogen and oxygen atoms in total. The third-order valence-electron chi connectivity index (χ3n) is 2.32. The molecule has 0 aromatic carbocycles. The number of thioether (sulfide) groups is 2. The zero-order valence-electron chi connectivity index (χ0n) is 12.3. The quantitative estimate of drug-likeness (QED) is 0.317. The minimum absolute atomic E-state index is 0.117. The van der Waals surface area contributed by atoms with Gasteiger partial charge in [-0.2, -0.15) is 0 Å². The van der Waals surface area contributed by atoms with Crippen molar-refractivity contribution in [3.8, 4) is 0 Å². The standard InChI is InChI=1S/C13H14ClN5OS3/c1-3-5-21-11-15-7-8(14)9(16-11)10(20)17-12-18-19-13(23-12)22-6-4-2/h3,7H,1,4-6H2,2H3,(H,17,18,20). The van der Waals surface area contributed by atoms with Crippen LogP contribution in [0.1, 0.15) is 23.8 Å². The van der Waals surface area contributed by atoms with E-state index in [4.69, 9.17) is 11.6 Å². The number of amides is 1. The monoisotopic (exact) mass is 387 g/mol. The largest absolute Gasteiger partial charge is 0.295 e. The lowest BCUT2D eigenvalue weighted by molar-refractivity contribution is 0.102. The second kappa shape index (κ2) is 9.21. The number of rotatable bonds is 8. The minimum atomic E-state index is -0.430. The average molecular weight is 388 g/mol. The van der Waals surface area contributed by atoms with E-state index in [1.807, 2.05) is 0 Å². The SMILES string of the molecule is C=CCSc1ncc(Cl)c(C(=O)Nc2nnc(SCCC)s2)n1. The van der Waals surface area contributed by atoms with Crippen LogP contribution in [0, 0.1) is 0 Å². The van der Waals surface area contributed by atoms with Crippen LogP contribution in [-0.4, -0.2) is 37.6 Å². The van der Waals surface area contributed by atoms with Crippen LogP contribution in [0.3, 0.4) is 0 Å². The second-order valence-electron chi connectivity index (χ2n) is 4.12. The Balaban J connectivity index is 2.07.